The van der Waals surface area contributed by atoms with E-state index in [-0.39, 0.29) is 6.04 Å². The van der Waals surface area contributed by atoms with Gasteiger partial charge in [0.1, 0.15) is 0 Å². The summed E-state index contributed by atoms with van der Waals surface area (Å²) in [4.78, 5) is 0. The SMILES string of the molecule is CC(NC(C)C(C)C)c1ccc(Cl)c(Cl)c1Cl. The van der Waals surface area contributed by atoms with Crippen molar-refractivity contribution in [3.8, 4) is 0 Å². The van der Waals surface area contributed by atoms with Crippen LogP contribution in [0, 0.1) is 5.92 Å². The number of hydrogen-bond acceptors (Lipinski definition) is 1. The fourth-order valence-electron chi connectivity index (χ4n) is 1.55. The fraction of sp³-hybridized carbons (Fsp3) is 0.538. The second-order valence-corrected chi connectivity index (χ2v) is 5.85. The molecule has 1 aromatic rings. The minimum absolute atomic E-state index is 0.148. The van der Waals surface area contributed by atoms with E-state index in [4.69, 9.17) is 34.8 Å². The van der Waals surface area contributed by atoms with Crippen LogP contribution in [0.15, 0.2) is 12.1 Å². The van der Waals surface area contributed by atoms with Crippen LogP contribution in [0.25, 0.3) is 0 Å². The highest BCUT2D eigenvalue weighted by atomic mass is 35.5. The van der Waals surface area contributed by atoms with E-state index >= 15 is 0 Å². The average molecular weight is 295 g/mol. The molecule has 1 aromatic carbocycles. The van der Waals surface area contributed by atoms with Crippen LogP contribution < -0.4 is 5.32 Å². The van der Waals surface area contributed by atoms with Crippen molar-refractivity contribution < 1.29 is 0 Å². The lowest BCUT2D eigenvalue weighted by Crippen LogP contribution is -2.33. The Labute approximate surface area is 118 Å². The second kappa shape index (κ2) is 6.29. The molecule has 0 radical (unpaired) electrons. The van der Waals surface area contributed by atoms with Gasteiger partial charge in [0.2, 0.25) is 0 Å². The molecule has 0 saturated heterocycles. The maximum Gasteiger partial charge on any atom is 0.0781 e. The quantitative estimate of drug-likeness (QED) is 0.739. The molecule has 0 aliphatic heterocycles. The van der Waals surface area contributed by atoms with Gasteiger partial charge in [0.25, 0.3) is 0 Å². The molecule has 1 N–H and O–H groups in total. The highest BCUT2D eigenvalue weighted by molar-refractivity contribution is 6.48. The van der Waals surface area contributed by atoms with Crippen molar-refractivity contribution in [3.05, 3.63) is 32.8 Å². The molecule has 0 spiro atoms. The Bertz CT molecular complexity index is 390. The highest BCUT2D eigenvalue weighted by Crippen LogP contribution is 2.35. The maximum absolute atomic E-state index is 6.20. The first kappa shape index (κ1) is 15.1. The zero-order valence-electron chi connectivity index (χ0n) is 10.5. The van der Waals surface area contributed by atoms with Gasteiger partial charge in [-0.25, -0.2) is 0 Å². The van der Waals surface area contributed by atoms with Crippen LogP contribution in [0.2, 0.25) is 15.1 Å². The maximum atomic E-state index is 6.20. The largest absolute Gasteiger partial charge is 0.307 e. The number of halogens is 3. The van der Waals surface area contributed by atoms with Crippen LogP contribution in [0.1, 0.15) is 39.3 Å². The van der Waals surface area contributed by atoms with E-state index in [1.54, 1.807) is 6.07 Å². The van der Waals surface area contributed by atoms with Crippen LogP contribution in [-0.2, 0) is 0 Å². The predicted molar refractivity (Wildman–Crippen MR) is 77.3 cm³/mol. The Kier molecular flexibility index (Phi) is 5.59. The Morgan fingerprint density at radius 3 is 2.06 bits per heavy atom. The zero-order chi connectivity index (χ0) is 13.2. The number of nitrogens with one attached hydrogen (secondary N) is 1. The van der Waals surface area contributed by atoms with Gasteiger partial charge in [0.15, 0.2) is 0 Å². The highest BCUT2D eigenvalue weighted by Gasteiger charge is 2.17. The Hall–Kier alpha value is 0.0500. The summed E-state index contributed by atoms with van der Waals surface area (Å²) in [5.41, 5.74) is 0.980. The number of rotatable bonds is 4. The molecular formula is C13H18Cl3N. The number of benzene rings is 1. The normalized spacial score (nSPS) is 15.1. The summed E-state index contributed by atoms with van der Waals surface area (Å²) >= 11 is 18.1. The Morgan fingerprint density at radius 1 is 0.941 bits per heavy atom. The van der Waals surface area contributed by atoms with Crippen LogP contribution in [0.3, 0.4) is 0 Å². The third kappa shape index (κ3) is 3.75. The first-order valence-corrected chi connectivity index (χ1v) is 6.87. The van der Waals surface area contributed by atoms with Gasteiger partial charge in [-0.1, -0.05) is 54.7 Å². The monoisotopic (exact) mass is 293 g/mol. The van der Waals surface area contributed by atoms with Crippen molar-refractivity contribution in [1.29, 1.82) is 0 Å². The molecule has 1 nitrogen and oxygen atoms in total. The molecule has 0 bridgehead atoms. The number of hydrogen-bond donors (Lipinski definition) is 1. The van der Waals surface area contributed by atoms with Gasteiger partial charge < -0.3 is 5.32 Å². The van der Waals surface area contributed by atoms with Gasteiger partial charge in [0, 0.05) is 12.1 Å². The molecule has 0 aliphatic carbocycles. The molecule has 1 rings (SSSR count). The smallest absolute Gasteiger partial charge is 0.0781 e. The van der Waals surface area contributed by atoms with Crippen molar-refractivity contribution in [3.63, 3.8) is 0 Å². The first-order chi connectivity index (χ1) is 7.84. The molecule has 4 heteroatoms. The minimum Gasteiger partial charge on any atom is -0.307 e. The summed E-state index contributed by atoms with van der Waals surface area (Å²) in [5.74, 6) is 0.569. The van der Waals surface area contributed by atoms with Gasteiger partial charge in [0.05, 0.1) is 15.1 Å². The van der Waals surface area contributed by atoms with E-state index in [1.807, 2.05) is 6.07 Å². The summed E-state index contributed by atoms with van der Waals surface area (Å²) in [6, 6.07) is 4.26. The van der Waals surface area contributed by atoms with Gasteiger partial charge >= 0.3 is 0 Å². The van der Waals surface area contributed by atoms with Gasteiger partial charge in [-0.2, -0.15) is 0 Å². The molecule has 96 valence electrons. The third-order valence-corrected chi connectivity index (χ3v) is 4.35. The standard InChI is InChI=1S/C13H18Cl3N/c1-7(2)8(3)17-9(4)10-5-6-11(14)13(16)12(10)15/h5-9,17H,1-4H3. The lowest BCUT2D eigenvalue weighted by atomic mass is 10.0. The van der Waals surface area contributed by atoms with Crippen LogP contribution in [-0.4, -0.2) is 6.04 Å². The molecule has 17 heavy (non-hydrogen) atoms. The zero-order valence-corrected chi connectivity index (χ0v) is 12.8. The minimum atomic E-state index is 0.148. The first-order valence-electron chi connectivity index (χ1n) is 5.74. The van der Waals surface area contributed by atoms with Crippen molar-refractivity contribution in [2.24, 2.45) is 5.92 Å². The summed E-state index contributed by atoms with van der Waals surface area (Å²) < 4.78 is 0. The van der Waals surface area contributed by atoms with Crippen LogP contribution in [0.4, 0.5) is 0 Å². The van der Waals surface area contributed by atoms with Crippen LogP contribution in [0.5, 0.6) is 0 Å². The van der Waals surface area contributed by atoms with E-state index in [2.05, 4.69) is 33.0 Å². The fourth-order valence-corrected chi connectivity index (χ4v) is 2.26. The second-order valence-electron chi connectivity index (χ2n) is 4.69. The third-order valence-electron chi connectivity index (χ3n) is 3.04. The van der Waals surface area contributed by atoms with E-state index in [0.29, 0.717) is 27.0 Å². The average Bonchev–Trinajstić information content (AvgIpc) is 2.25. The molecule has 2 unspecified atom stereocenters. The summed E-state index contributed by atoms with van der Waals surface area (Å²) in [5, 5.41) is 4.95. The lowest BCUT2D eigenvalue weighted by molar-refractivity contribution is 0.389. The summed E-state index contributed by atoms with van der Waals surface area (Å²) in [7, 11) is 0. The Balaban J connectivity index is 2.90. The molecule has 0 amide bonds. The van der Waals surface area contributed by atoms with Crippen LogP contribution >= 0.6 is 34.8 Å². The summed E-state index contributed by atoms with van der Waals surface area (Å²) in [6.45, 7) is 8.60. The van der Waals surface area contributed by atoms with E-state index in [9.17, 15) is 0 Å². The van der Waals surface area contributed by atoms with Gasteiger partial charge in [-0.05, 0) is 31.4 Å². The van der Waals surface area contributed by atoms with Crippen molar-refractivity contribution in [2.75, 3.05) is 0 Å². The molecule has 2 atom stereocenters. The van der Waals surface area contributed by atoms with Crippen molar-refractivity contribution in [1.82, 2.24) is 5.32 Å². The molecule has 0 heterocycles. The molecule has 0 aromatic heterocycles. The molecular weight excluding hydrogens is 277 g/mol. The molecule has 0 aliphatic rings. The van der Waals surface area contributed by atoms with E-state index < -0.39 is 0 Å². The predicted octanol–water partition coefficient (Wildman–Crippen LogP) is 5.34. The molecule has 0 saturated carbocycles. The Morgan fingerprint density at radius 2 is 1.53 bits per heavy atom. The van der Waals surface area contributed by atoms with E-state index in [0.717, 1.165) is 5.56 Å². The molecule has 0 fully saturated rings. The van der Waals surface area contributed by atoms with Crippen molar-refractivity contribution in [2.45, 2.75) is 39.8 Å². The van der Waals surface area contributed by atoms with Crippen molar-refractivity contribution >= 4 is 34.8 Å². The van der Waals surface area contributed by atoms with E-state index in [1.165, 1.54) is 0 Å². The topological polar surface area (TPSA) is 12.0 Å². The lowest BCUT2D eigenvalue weighted by Gasteiger charge is -2.24. The summed E-state index contributed by atoms with van der Waals surface area (Å²) in [6.07, 6.45) is 0. The van der Waals surface area contributed by atoms with Gasteiger partial charge in [-0.15, -0.1) is 0 Å². The van der Waals surface area contributed by atoms with Gasteiger partial charge in [-0.3, -0.25) is 0 Å².